The summed E-state index contributed by atoms with van der Waals surface area (Å²) in [5, 5.41) is 3.47. The van der Waals surface area contributed by atoms with Gasteiger partial charge in [-0.2, -0.15) is 0 Å². The number of alkyl halides is 1. The molecule has 0 amide bonds. The van der Waals surface area contributed by atoms with Crippen molar-refractivity contribution in [2.45, 2.75) is 4.83 Å². The highest BCUT2D eigenvalue weighted by Gasteiger charge is 2.16. The maximum Gasteiger partial charge on any atom is 0.0753 e. The van der Waals surface area contributed by atoms with Crippen LogP contribution in [0.5, 0.6) is 0 Å². The topological polar surface area (TPSA) is 0 Å². The Morgan fingerprint density at radius 2 is 1.94 bits per heavy atom. The second kappa shape index (κ2) is 5.40. The molecule has 1 atom stereocenters. The van der Waals surface area contributed by atoms with Gasteiger partial charge in [-0.25, -0.2) is 0 Å². The quantitative estimate of drug-likeness (QED) is 0.519. The second-order valence-corrected chi connectivity index (χ2v) is 6.82. The van der Waals surface area contributed by atoms with E-state index in [0.29, 0.717) is 5.02 Å². The fourth-order valence-corrected chi connectivity index (χ4v) is 4.38. The summed E-state index contributed by atoms with van der Waals surface area (Å²) in [5.74, 6) is 0. The summed E-state index contributed by atoms with van der Waals surface area (Å²) in [6.07, 6.45) is 0. The van der Waals surface area contributed by atoms with E-state index in [4.69, 9.17) is 23.2 Å². The highest BCUT2D eigenvalue weighted by molar-refractivity contribution is 9.10. The summed E-state index contributed by atoms with van der Waals surface area (Å²) >= 11 is 20.8. The average Bonchev–Trinajstić information content (AvgIpc) is 2.62. The van der Waals surface area contributed by atoms with Crippen molar-refractivity contribution in [3.8, 4) is 0 Å². The van der Waals surface area contributed by atoms with Crippen LogP contribution in [0.2, 0.25) is 10.0 Å². The van der Waals surface area contributed by atoms with Crippen molar-refractivity contribution in [3.05, 3.63) is 54.6 Å². The Hall–Kier alpha value is 0.460. The Balaban J connectivity index is 2.41. The van der Waals surface area contributed by atoms with Crippen LogP contribution in [0.15, 0.2) is 34.1 Å². The molecule has 1 aromatic heterocycles. The molecule has 0 aliphatic heterocycles. The fourth-order valence-electron chi connectivity index (χ4n) is 1.36. The van der Waals surface area contributed by atoms with Gasteiger partial charge in [0.1, 0.15) is 0 Å². The average molecular weight is 401 g/mol. The lowest BCUT2D eigenvalue weighted by molar-refractivity contribution is 1.22. The van der Waals surface area contributed by atoms with Crippen LogP contribution in [-0.2, 0) is 0 Å². The molecular formula is C11H6Br2Cl2S. The molecule has 0 nitrogen and oxygen atoms in total. The predicted octanol–water partition coefficient (Wildman–Crippen LogP) is 6.30. The van der Waals surface area contributed by atoms with Gasteiger partial charge in [-0.05, 0) is 35.2 Å². The molecule has 2 rings (SSSR count). The molecule has 0 bridgehead atoms. The number of thiophene rings is 1. The van der Waals surface area contributed by atoms with Crippen LogP contribution < -0.4 is 0 Å². The minimum atomic E-state index is 0.0787. The standard InChI is InChI=1S/C11H6Br2Cl2S/c12-7-3-6(4-8(14)5-7)10(13)11-9(15)1-2-16-11/h1-5,10H. The molecular weight excluding hydrogens is 395 g/mol. The molecule has 2 aromatic rings. The fraction of sp³-hybridized carbons (Fsp3) is 0.0909. The molecule has 0 aliphatic carbocycles. The second-order valence-electron chi connectivity index (χ2n) is 3.20. The van der Waals surface area contributed by atoms with E-state index in [2.05, 4.69) is 31.9 Å². The first-order valence-electron chi connectivity index (χ1n) is 4.41. The highest BCUT2D eigenvalue weighted by atomic mass is 79.9. The molecule has 0 N–H and O–H groups in total. The molecule has 5 heteroatoms. The first kappa shape index (κ1) is 12.9. The van der Waals surface area contributed by atoms with Crippen molar-refractivity contribution in [2.75, 3.05) is 0 Å². The van der Waals surface area contributed by atoms with E-state index in [-0.39, 0.29) is 4.83 Å². The summed E-state index contributed by atoms with van der Waals surface area (Å²) in [4.78, 5) is 1.17. The van der Waals surface area contributed by atoms with Gasteiger partial charge in [0.2, 0.25) is 0 Å². The Morgan fingerprint density at radius 3 is 2.50 bits per heavy atom. The number of hydrogen-bond acceptors (Lipinski definition) is 1. The van der Waals surface area contributed by atoms with Gasteiger partial charge in [-0.3, -0.25) is 0 Å². The van der Waals surface area contributed by atoms with Gasteiger partial charge >= 0.3 is 0 Å². The molecule has 0 fully saturated rings. The molecule has 0 aliphatic rings. The van der Waals surface area contributed by atoms with Crippen LogP contribution in [0, 0.1) is 0 Å². The molecule has 1 aromatic carbocycles. The third-order valence-electron chi connectivity index (χ3n) is 2.05. The lowest BCUT2D eigenvalue weighted by Crippen LogP contribution is -1.90. The van der Waals surface area contributed by atoms with Gasteiger partial charge in [0, 0.05) is 14.4 Å². The number of hydrogen-bond donors (Lipinski definition) is 0. The zero-order valence-corrected chi connectivity index (χ0v) is 13.4. The van der Waals surface area contributed by atoms with Crippen LogP contribution >= 0.6 is 66.4 Å². The summed E-state index contributed by atoms with van der Waals surface area (Å²) in [6, 6.07) is 7.72. The zero-order chi connectivity index (χ0) is 11.7. The van der Waals surface area contributed by atoms with Crippen LogP contribution in [0.3, 0.4) is 0 Å². The monoisotopic (exact) mass is 398 g/mol. The van der Waals surface area contributed by atoms with Gasteiger partial charge in [-0.1, -0.05) is 55.1 Å². The van der Waals surface area contributed by atoms with Crippen molar-refractivity contribution >= 4 is 66.4 Å². The Labute approximate surface area is 125 Å². The summed E-state index contributed by atoms with van der Waals surface area (Å²) in [6.45, 7) is 0. The largest absolute Gasteiger partial charge is 0.146 e. The smallest absolute Gasteiger partial charge is 0.0753 e. The minimum absolute atomic E-state index is 0.0787. The minimum Gasteiger partial charge on any atom is -0.146 e. The Bertz CT molecular complexity index is 490. The third-order valence-corrected chi connectivity index (χ3v) is 5.44. The lowest BCUT2D eigenvalue weighted by Gasteiger charge is -2.10. The summed E-state index contributed by atoms with van der Waals surface area (Å²) in [7, 11) is 0. The van der Waals surface area contributed by atoms with Crippen molar-refractivity contribution in [2.24, 2.45) is 0 Å². The van der Waals surface area contributed by atoms with E-state index in [9.17, 15) is 0 Å². The molecule has 16 heavy (non-hydrogen) atoms. The summed E-state index contributed by atoms with van der Waals surface area (Å²) in [5.41, 5.74) is 1.09. The molecule has 0 radical (unpaired) electrons. The van der Waals surface area contributed by atoms with Gasteiger partial charge in [0.05, 0.1) is 9.85 Å². The number of halogens is 4. The van der Waals surface area contributed by atoms with Crippen molar-refractivity contribution in [1.82, 2.24) is 0 Å². The van der Waals surface area contributed by atoms with E-state index in [1.165, 1.54) is 0 Å². The maximum atomic E-state index is 6.10. The van der Waals surface area contributed by atoms with E-state index < -0.39 is 0 Å². The molecule has 0 saturated heterocycles. The van der Waals surface area contributed by atoms with Gasteiger partial charge < -0.3 is 0 Å². The summed E-state index contributed by atoms with van der Waals surface area (Å²) < 4.78 is 0.965. The molecule has 0 spiro atoms. The van der Waals surface area contributed by atoms with E-state index in [1.54, 1.807) is 11.3 Å². The predicted molar refractivity (Wildman–Crippen MR) is 79.3 cm³/mol. The van der Waals surface area contributed by atoms with E-state index in [1.807, 2.05) is 29.6 Å². The Kier molecular flexibility index (Phi) is 4.36. The molecule has 0 saturated carbocycles. The van der Waals surface area contributed by atoms with Crippen LogP contribution in [0.1, 0.15) is 15.3 Å². The van der Waals surface area contributed by atoms with Crippen molar-refractivity contribution in [1.29, 1.82) is 0 Å². The number of benzene rings is 1. The van der Waals surface area contributed by atoms with E-state index in [0.717, 1.165) is 19.9 Å². The first-order chi connectivity index (χ1) is 7.58. The van der Waals surface area contributed by atoms with Gasteiger partial charge in [-0.15, -0.1) is 11.3 Å². The van der Waals surface area contributed by atoms with Crippen LogP contribution in [0.4, 0.5) is 0 Å². The zero-order valence-electron chi connectivity index (χ0n) is 7.88. The van der Waals surface area contributed by atoms with Crippen molar-refractivity contribution in [3.63, 3.8) is 0 Å². The van der Waals surface area contributed by atoms with Crippen molar-refractivity contribution < 1.29 is 0 Å². The third kappa shape index (κ3) is 2.82. The Morgan fingerprint density at radius 1 is 1.19 bits per heavy atom. The van der Waals surface area contributed by atoms with Crippen LogP contribution in [0.25, 0.3) is 0 Å². The van der Waals surface area contributed by atoms with Crippen LogP contribution in [-0.4, -0.2) is 0 Å². The highest BCUT2D eigenvalue weighted by Crippen LogP contribution is 2.40. The van der Waals surface area contributed by atoms with Gasteiger partial charge in [0.15, 0.2) is 0 Å². The van der Waals surface area contributed by atoms with E-state index >= 15 is 0 Å². The molecule has 84 valence electrons. The molecule has 1 unspecified atom stereocenters. The SMILES string of the molecule is Clc1cc(Br)cc(C(Br)c2sccc2Cl)c1. The number of rotatable bonds is 2. The lowest BCUT2D eigenvalue weighted by atomic mass is 10.1. The molecule has 1 heterocycles. The maximum absolute atomic E-state index is 6.10. The normalized spacial score (nSPS) is 12.8. The van der Waals surface area contributed by atoms with Gasteiger partial charge in [0.25, 0.3) is 0 Å². The first-order valence-corrected chi connectivity index (χ1v) is 7.75.